The van der Waals surface area contributed by atoms with Gasteiger partial charge in [0.25, 0.3) is 0 Å². The molecule has 0 radical (unpaired) electrons. The van der Waals surface area contributed by atoms with Crippen LogP contribution in [0.4, 0.5) is 0 Å². The normalized spacial score (nSPS) is 18.6. The molecule has 1 aromatic rings. The van der Waals surface area contributed by atoms with E-state index < -0.39 is 0 Å². The Hall–Kier alpha value is -0.350. The summed E-state index contributed by atoms with van der Waals surface area (Å²) in [6.45, 7) is 0.689. The van der Waals surface area contributed by atoms with Gasteiger partial charge >= 0.3 is 0 Å². The molecule has 1 aliphatic rings. The second-order valence-corrected chi connectivity index (χ2v) is 5.34. The molecule has 0 aliphatic heterocycles. The Kier molecular flexibility index (Phi) is 4.41. The quantitative estimate of drug-likeness (QED) is 0.868. The number of rotatable bonds is 3. The van der Waals surface area contributed by atoms with E-state index >= 15 is 0 Å². The average Bonchev–Trinajstić information content (AvgIpc) is 2.55. The highest BCUT2D eigenvalue weighted by Crippen LogP contribution is 2.30. The molecule has 0 unspecified atom stereocenters. The highest BCUT2D eigenvalue weighted by molar-refractivity contribution is 9.10. The van der Waals surface area contributed by atoms with Gasteiger partial charge in [-0.1, -0.05) is 25.7 Å². The van der Waals surface area contributed by atoms with E-state index in [1.165, 1.54) is 44.1 Å². The Bertz CT molecular complexity index is 327. The summed E-state index contributed by atoms with van der Waals surface area (Å²) in [5.74, 6) is 0. The molecule has 90 valence electrons. The van der Waals surface area contributed by atoms with Gasteiger partial charge in [-0.25, -0.2) is 0 Å². The van der Waals surface area contributed by atoms with Crippen molar-refractivity contribution in [3.8, 4) is 0 Å². The predicted octanol–water partition coefficient (Wildman–Crippen LogP) is 3.04. The van der Waals surface area contributed by atoms with E-state index in [0.29, 0.717) is 12.6 Å². The summed E-state index contributed by atoms with van der Waals surface area (Å²) in [4.78, 5) is 0. The van der Waals surface area contributed by atoms with E-state index in [4.69, 9.17) is 5.73 Å². The summed E-state index contributed by atoms with van der Waals surface area (Å²) in [7, 11) is 0. The largest absolute Gasteiger partial charge is 0.330 e. The molecule has 1 fully saturated rings. The van der Waals surface area contributed by atoms with Crippen LogP contribution in [0, 0.1) is 0 Å². The van der Waals surface area contributed by atoms with Gasteiger partial charge in [-0.3, -0.25) is 4.68 Å². The molecule has 2 N–H and O–H groups in total. The number of aromatic nitrogens is 2. The van der Waals surface area contributed by atoms with E-state index in [-0.39, 0.29) is 0 Å². The first kappa shape index (κ1) is 12.1. The van der Waals surface area contributed by atoms with Crippen molar-refractivity contribution in [1.29, 1.82) is 0 Å². The van der Waals surface area contributed by atoms with Crippen LogP contribution in [-0.2, 0) is 6.42 Å². The summed E-state index contributed by atoms with van der Waals surface area (Å²) >= 11 is 3.66. The van der Waals surface area contributed by atoms with Gasteiger partial charge in [0.2, 0.25) is 0 Å². The maximum atomic E-state index is 5.58. The van der Waals surface area contributed by atoms with Gasteiger partial charge in [0, 0.05) is 5.56 Å². The van der Waals surface area contributed by atoms with Crippen LogP contribution in [0.2, 0.25) is 0 Å². The molecular weight excluding hydrogens is 266 g/mol. The van der Waals surface area contributed by atoms with Crippen molar-refractivity contribution in [2.75, 3.05) is 6.54 Å². The highest BCUT2D eigenvalue weighted by atomic mass is 79.9. The van der Waals surface area contributed by atoms with Crippen molar-refractivity contribution in [1.82, 2.24) is 9.78 Å². The fourth-order valence-electron chi connectivity index (χ4n) is 2.46. The molecule has 1 aliphatic carbocycles. The van der Waals surface area contributed by atoms with Crippen LogP contribution in [0.3, 0.4) is 0 Å². The summed E-state index contributed by atoms with van der Waals surface area (Å²) in [5, 5.41) is 4.51. The first-order valence-corrected chi connectivity index (χ1v) is 7.04. The van der Waals surface area contributed by atoms with Crippen LogP contribution in [0.15, 0.2) is 10.8 Å². The van der Waals surface area contributed by atoms with Crippen molar-refractivity contribution in [3.05, 3.63) is 16.4 Å². The molecule has 0 spiro atoms. The van der Waals surface area contributed by atoms with Crippen molar-refractivity contribution in [3.63, 3.8) is 0 Å². The van der Waals surface area contributed by atoms with E-state index in [1.54, 1.807) is 0 Å². The molecule has 1 aromatic heterocycles. The van der Waals surface area contributed by atoms with E-state index in [2.05, 4.69) is 25.7 Å². The fourth-order valence-corrected chi connectivity index (χ4v) is 3.14. The lowest BCUT2D eigenvalue weighted by atomic mass is 10.1. The highest BCUT2D eigenvalue weighted by Gasteiger charge is 2.18. The molecule has 0 amide bonds. The van der Waals surface area contributed by atoms with Crippen LogP contribution < -0.4 is 5.73 Å². The van der Waals surface area contributed by atoms with Crippen LogP contribution in [0.25, 0.3) is 0 Å². The molecule has 4 heteroatoms. The molecule has 2 rings (SSSR count). The summed E-state index contributed by atoms with van der Waals surface area (Å²) < 4.78 is 3.31. The van der Waals surface area contributed by atoms with Crippen LogP contribution in [0.5, 0.6) is 0 Å². The minimum Gasteiger partial charge on any atom is -0.330 e. The van der Waals surface area contributed by atoms with Crippen molar-refractivity contribution >= 4 is 15.9 Å². The van der Waals surface area contributed by atoms with Crippen molar-refractivity contribution in [2.24, 2.45) is 5.73 Å². The summed E-state index contributed by atoms with van der Waals surface area (Å²) in [5.41, 5.74) is 6.83. The minimum atomic E-state index is 0.586. The number of nitrogens with two attached hydrogens (primary N) is 1. The van der Waals surface area contributed by atoms with E-state index in [1.807, 2.05) is 6.20 Å². The third-order valence-electron chi connectivity index (χ3n) is 3.39. The third kappa shape index (κ3) is 2.66. The van der Waals surface area contributed by atoms with Gasteiger partial charge in [-0.2, -0.15) is 5.10 Å². The number of nitrogens with zero attached hydrogens (tertiary/aromatic N) is 2. The van der Waals surface area contributed by atoms with E-state index in [0.717, 1.165) is 11.0 Å². The average molecular weight is 286 g/mol. The predicted molar refractivity (Wildman–Crippen MR) is 69.4 cm³/mol. The maximum absolute atomic E-state index is 5.58. The monoisotopic (exact) mass is 285 g/mol. The molecule has 1 saturated carbocycles. The zero-order valence-electron chi connectivity index (χ0n) is 9.66. The molecule has 3 nitrogen and oxygen atoms in total. The van der Waals surface area contributed by atoms with Crippen molar-refractivity contribution < 1.29 is 0 Å². The molecule has 16 heavy (non-hydrogen) atoms. The molecule has 0 aromatic carbocycles. The van der Waals surface area contributed by atoms with Gasteiger partial charge in [0.1, 0.15) is 4.60 Å². The van der Waals surface area contributed by atoms with Gasteiger partial charge in [-0.15, -0.1) is 0 Å². The maximum Gasteiger partial charge on any atom is 0.107 e. The molecular formula is C12H20BrN3. The standard InChI is InChI=1S/C12H20BrN3/c13-12-10(7-8-14)9-15-16(12)11-5-3-1-2-4-6-11/h9,11H,1-8,14H2. The van der Waals surface area contributed by atoms with Gasteiger partial charge in [0.05, 0.1) is 12.2 Å². The Morgan fingerprint density at radius 3 is 2.62 bits per heavy atom. The number of halogens is 1. The number of hydrogen-bond donors (Lipinski definition) is 1. The third-order valence-corrected chi connectivity index (χ3v) is 4.26. The smallest absolute Gasteiger partial charge is 0.107 e. The van der Waals surface area contributed by atoms with Gasteiger partial charge < -0.3 is 5.73 Å². The molecule has 0 atom stereocenters. The molecule has 0 saturated heterocycles. The van der Waals surface area contributed by atoms with Gasteiger partial charge in [0.15, 0.2) is 0 Å². The van der Waals surface area contributed by atoms with Crippen LogP contribution in [0.1, 0.15) is 50.1 Å². The first-order valence-electron chi connectivity index (χ1n) is 6.25. The van der Waals surface area contributed by atoms with Gasteiger partial charge in [-0.05, 0) is 41.7 Å². The second kappa shape index (κ2) is 5.82. The fraction of sp³-hybridized carbons (Fsp3) is 0.750. The second-order valence-electron chi connectivity index (χ2n) is 4.59. The Labute approximate surface area is 106 Å². The Balaban J connectivity index is 2.12. The van der Waals surface area contributed by atoms with Crippen LogP contribution in [-0.4, -0.2) is 16.3 Å². The SMILES string of the molecule is NCCc1cnn(C2CCCCCC2)c1Br. The molecule has 0 bridgehead atoms. The van der Waals surface area contributed by atoms with Crippen LogP contribution >= 0.6 is 15.9 Å². The lowest BCUT2D eigenvalue weighted by molar-refractivity contribution is 0.398. The zero-order chi connectivity index (χ0) is 11.4. The van der Waals surface area contributed by atoms with Crippen molar-refractivity contribution in [2.45, 2.75) is 51.0 Å². The Morgan fingerprint density at radius 2 is 2.00 bits per heavy atom. The summed E-state index contributed by atoms with van der Waals surface area (Å²) in [6.07, 6.45) is 10.8. The topological polar surface area (TPSA) is 43.8 Å². The lowest BCUT2D eigenvalue weighted by Gasteiger charge is -2.16. The van der Waals surface area contributed by atoms with E-state index in [9.17, 15) is 0 Å². The lowest BCUT2D eigenvalue weighted by Crippen LogP contribution is -2.10. The number of hydrogen-bond acceptors (Lipinski definition) is 2. The minimum absolute atomic E-state index is 0.586. The molecule has 1 heterocycles. The first-order chi connectivity index (χ1) is 7.83. The Morgan fingerprint density at radius 1 is 1.31 bits per heavy atom. The summed E-state index contributed by atoms with van der Waals surface area (Å²) in [6, 6.07) is 0.586. The zero-order valence-corrected chi connectivity index (χ0v) is 11.2.